The summed E-state index contributed by atoms with van der Waals surface area (Å²) in [5.41, 5.74) is 1.04. The zero-order chi connectivity index (χ0) is 20.4. The Morgan fingerprint density at radius 2 is 1.76 bits per heavy atom. The molecule has 0 aliphatic carbocycles. The number of ether oxygens (including phenoxy) is 1. The van der Waals surface area contributed by atoms with Crippen LogP contribution in [0.4, 0.5) is 5.69 Å². The first-order valence-electron chi connectivity index (χ1n) is 9.30. The van der Waals surface area contributed by atoms with E-state index in [0.717, 1.165) is 19.6 Å². The molecule has 0 fully saturated rings. The topological polar surface area (TPSA) is 70.7 Å². The second-order valence-corrected chi connectivity index (χ2v) is 6.59. The van der Waals surface area contributed by atoms with Gasteiger partial charge in [0.2, 0.25) is 0 Å². The molecule has 0 aromatic heterocycles. The summed E-state index contributed by atoms with van der Waals surface area (Å²) in [7, 11) is 0. The van der Waals surface area contributed by atoms with Crippen molar-refractivity contribution in [3.05, 3.63) is 59.1 Å². The first-order valence-corrected chi connectivity index (χ1v) is 9.68. The number of nitrogens with zero attached hydrogens (tertiary/aromatic N) is 1. The van der Waals surface area contributed by atoms with E-state index in [4.69, 9.17) is 16.3 Å². The first kappa shape index (κ1) is 24.8. The lowest BCUT2D eigenvalue weighted by Gasteiger charge is -2.18. The summed E-state index contributed by atoms with van der Waals surface area (Å²) in [6.45, 7) is 7.32. The molecule has 6 nitrogen and oxygen atoms in total. The summed E-state index contributed by atoms with van der Waals surface area (Å²) >= 11 is 5.81. The van der Waals surface area contributed by atoms with Gasteiger partial charge in [0.25, 0.3) is 11.8 Å². The Balaban J connectivity index is 0.00000420. The van der Waals surface area contributed by atoms with Gasteiger partial charge in [0.1, 0.15) is 5.75 Å². The van der Waals surface area contributed by atoms with Crippen molar-refractivity contribution in [2.45, 2.75) is 13.8 Å². The number of halogens is 2. The molecule has 0 saturated heterocycles. The molecular weight excluding hydrogens is 413 g/mol. The Hall–Kier alpha value is -2.28. The van der Waals surface area contributed by atoms with Gasteiger partial charge in [-0.1, -0.05) is 31.5 Å². The molecule has 0 aliphatic rings. The summed E-state index contributed by atoms with van der Waals surface area (Å²) < 4.78 is 5.41. The molecule has 158 valence electrons. The SMILES string of the molecule is CCN(CC)CCNC(=O)c1cccc(NC(=O)COc2ccc(Cl)cc2)c1.Cl. The van der Waals surface area contributed by atoms with E-state index in [1.54, 1.807) is 48.5 Å². The minimum atomic E-state index is -0.311. The Bertz CT molecular complexity index is 781. The molecule has 0 aliphatic heterocycles. The minimum absolute atomic E-state index is 0. The fraction of sp³-hybridized carbons (Fsp3) is 0.333. The van der Waals surface area contributed by atoms with Gasteiger partial charge in [0.05, 0.1) is 0 Å². The normalized spacial score (nSPS) is 10.2. The highest BCUT2D eigenvalue weighted by Crippen LogP contribution is 2.16. The van der Waals surface area contributed by atoms with Crippen molar-refractivity contribution < 1.29 is 14.3 Å². The average Bonchev–Trinajstić information content (AvgIpc) is 2.71. The third kappa shape index (κ3) is 8.73. The van der Waals surface area contributed by atoms with Crippen LogP contribution in [0.25, 0.3) is 0 Å². The lowest BCUT2D eigenvalue weighted by atomic mass is 10.2. The molecule has 2 amide bonds. The summed E-state index contributed by atoms with van der Waals surface area (Å²) in [6.07, 6.45) is 0. The van der Waals surface area contributed by atoms with Gasteiger partial charge >= 0.3 is 0 Å². The Labute approximate surface area is 183 Å². The molecule has 0 bridgehead atoms. The summed E-state index contributed by atoms with van der Waals surface area (Å²) in [5, 5.41) is 6.24. The molecule has 2 N–H and O–H groups in total. The average molecular weight is 440 g/mol. The number of carbonyl (C=O) groups excluding carboxylic acids is 2. The Morgan fingerprint density at radius 3 is 2.41 bits per heavy atom. The Kier molecular flexibility index (Phi) is 11.1. The van der Waals surface area contributed by atoms with Gasteiger partial charge in [-0.3, -0.25) is 9.59 Å². The summed E-state index contributed by atoms with van der Waals surface area (Å²) in [4.78, 5) is 26.6. The fourth-order valence-electron chi connectivity index (χ4n) is 2.58. The molecule has 8 heteroatoms. The van der Waals surface area contributed by atoms with Crippen LogP contribution in [0.5, 0.6) is 5.75 Å². The quantitative estimate of drug-likeness (QED) is 0.589. The second-order valence-electron chi connectivity index (χ2n) is 6.15. The summed E-state index contributed by atoms with van der Waals surface area (Å²) in [6, 6.07) is 13.6. The number of anilines is 1. The van der Waals surface area contributed by atoms with Gasteiger partial charge in [0, 0.05) is 29.4 Å². The highest BCUT2D eigenvalue weighted by molar-refractivity contribution is 6.30. The highest BCUT2D eigenvalue weighted by atomic mass is 35.5. The molecular formula is C21H27Cl2N3O3. The van der Waals surface area contributed by atoms with E-state index in [0.29, 0.717) is 28.6 Å². The van der Waals surface area contributed by atoms with Crippen LogP contribution in [-0.2, 0) is 4.79 Å². The summed E-state index contributed by atoms with van der Waals surface area (Å²) in [5.74, 6) is 0.0793. The fourth-order valence-corrected chi connectivity index (χ4v) is 2.71. The standard InChI is InChI=1S/C21H26ClN3O3.ClH/c1-3-25(4-2)13-12-23-21(27)16-6-5-7-18(14-16)24-20(26)15-28-19-10-8-17(22)9-11-19;/h5-11,14H,3-4,12-13,15H2,1-2H3,(H,23,27)(H,24,26);1H. The third-order valence-corrected chi connectivity index (χ3v) is 4.45. The van der Waals surface area contributed by atoms with Crippen molar-refractivity contribution in [1.29, 1.82) is 0 Å². The number of hydrogen-bond acceptors (Lipinski definition) is 4. The predicted octanol–water partition coefficient (Wildman–Crippen LogP) is 3.85. The smallest absolute Gasteiger partial charge is 0.262 e. The lowest BCUT2D eigenvalue weighted by Crippen LogP contribution is -2.34. The van der Waals surface area contributed by atoms with Gasteiger partial charge in [0.15, 0.2) is 6.61 Å². The zero-order valence-electron chi connectivity index (χ0n) is 16.6. The second kappa shape index (κ2) is 13.0. The third-order valence-electron chi connectivity index (χ3n) is 4.20. The largest absolute Gasteiger partial charge is 0.484 e. The maximum atomic E-state index is 12.3. The molecule has 2 rings (SSSR count). The van der Waals surface area contributed by atoms with E-state index in [9.17, 15) is 9.59 Å². The molecule has 0 saturated carbocycles. The van der Waals surface area contributed by atoms with Crippen LogP contribution in [0.3, 0.4) is 0 Å². The maximum absolute atomic E-state index is 12.3. The van der Waals surface area contributed by atoms with Crippen LogP contribution in [0, 0.1) is 0 Å². The van der Waals surface area contributed by atoms with E-state index < -0.39 is 0 Å². The van der Waals surface area contributed by atoms with Crippen molar-refractivity contribution in [3.8, 4) is 5.75 Å². The van der Waals surface area contributed by atoms with Crippen LogP contribution in [0.2, 0.25) is 5.02 Å². The van der Waals surface area contributed by atoms with Gasteiger partial charge in [-0.15, -0.1) is 12.4 Å². The highest BCUT2D eigenvalue weighted by Gasteiger charge is 2.09. The molecule has 2 aromatic rings. The number of likely N-dealkylation sites (N-methyl/N-ethyl adjacent to an activating group) is 1. The number of nitrogens with one attached hydrogen (secondary N) is 2. The molecule has 0 atom stereocenters. The van der Waals surface area contributed by atoms with Crippen LogP contribution >= 0.6 is 24.0 Å². The lowest BCUT2D eigenvalue weighted by molar-refractivity contribution is -0.118. The van der Waals surface area contributed by atoms with Gasteiger partial charge in [-0.05, 0) is 55.6 Å². The monoisotopic (exact) mass is 439 g/mol. The molecule has 0 heterocycles. The Morgan fingerprint density at radius 1 is 1.07 bits per heavy atom. The zero-order valence-corrected chi connectivity index (χ0v) is 18.2. The molecule has 0 unspecified atom stereocenters. The number of carbonyl (C=O) groups is 2. The van der Waals surface area contributed by atoms with Crippen LogP contribution < -0.4 is 15.4 Å². The predicted molar refractivity (Wildman–Crippen MR) is 119 cm³/mol. The van der Waals surface area contributed by atoms with E-state index in [-0.39, 0.29) is 30.8 Å². The molecule has 2 aromatic carbocycles. The molecule has 0 radical (unpaired) electrons. The number of hydrogen-bond donors (Lipinski definition) is 2. The molecule has 0 spiro atoms. The number of benzene rings is 2. The van der Waals surface area contributed by atoms with E-state index in [2.05, 4.69) is 29.4 Å². The maximum Gasteiger partial charge on any atom is 0.262 e. The van der Waals surface area contributed by atoms with E-state index >= 15 is 0 Å². The van der Waals surface area contributed by atoms with Crippen molar-refractivity contribution in [2.24, 2.45) is 0 Å². The van der Waals surface area contributed by atoms with Gasteiger partial charge < -0.3 is 20.3 Å². The van der Waals surface area contributed by atoms with E-state index in [1.165, 1.54) is 0 Å². The van der Waals surface area contributed by atoms with Crippen LogP contribution in [0.1, 0.15) is 24.2 Å². The van der Waals surface area contributed by atoms with Crippen LogP contribution in [-0.4, -0.2) is 49.5 Å². The van der Waals surface area contributed by atoms with E-state index in [1.807, 2.05) is 0 Å². The van der Waals surface area contributed by atoms with Gasteiger partial charge in [-0.2, -0.15) is 0 Å². The number of amides is 2. The van der Waals surface area contributed by atoms with Crippen molar-refractivity contribution in [1.82, 2.24) is 10.2 Å². The minimum Gasteiger partial charge on any atom is -0.484 e. The van der Waals surface area contributed by atoms with Crippen molar-refractivity contribution >= 4 is 41.5 Å². The van der Waals surface area contributed by atoms with Gasteiger partial charge in [-0.25, -0.2) is 0 Å². The first-order chi connectivity index (χ1) is 13.5. The van der Waals surface area contributed by atoms with Crippen molar-refractivity contribution in [3.63, 3.8) is 0 Å². The molecule has 29 heavy (non-hydrogen) atoms. The van der Waals surface area contributed by atoms with Crippen LogP contribution in [0.15, 0.2) is 48.5 Å². The van der Waals surface area contributed by atoms with Crippen molar-refractivity contribution in [2.75, 3.05) is 38.1 Å². The number of rotatable bonds is 10.